The molecule has 4 aliphatic rings. The molecule has 2 aromatic rings. The van der Waals surface area contributed by atoms with Gasteiger partial charge in [-0.1, -0.05) is 69.7 Å². The second kappa shape index (κ2) is 7.76. The van der Waals surface area contributed by atoms with Crippen molar-refractivity contribution in [2.45, 2.75) is 58.8 Å². The Kier molecular flexibility index (Phi) is 4.95. The third-order valence-electron chi connectivity index (χ3n) is 8.31. The van der Waals surface area contributed by atoms with Gasteiger partial charge < -0.3 is 9.80 Å². The summed E-state index contributed by atoms with van der Waals surface area (Å²) in [6.45, 7) is 9.53. The zero-order valence-corrected chi connectivity index (χ0v) is 21.5. The summed E-state index contributed by atoms with van der Waals surface area (Å²) in [5.74, 6) is -0.317. The van der Waals surface area contributed by atoms with Crippen LogP contribution in [-0.2, 0) is 15.0 Å². The Morgan fingerprint density at radius 1 is 0.833 bits per heavy atom. The van der Waals surface area contributed by atoms with Crippen LogP contribution in [0.2, 0.25) is 0 Å². The molecule has 0 bridgehead atoms. The predicted octanol–water partition coefficient (Wildman–Crippen LogP) is 5.66. The van der Waals surface area contributed by atoms with E-state index in [9.17, 15) is 14.4 Å². The highest BCUT2D eigenvalue weighted by molar-refractivity contribution is 6.32. The first-order valence-electron chi connectivity index (χ1n) is 13.1. The molecule has 1 amide bonds. The predicted molar refractivity (Wildman–Crippen MR) is 141 cm³/mol. The van der Waals surface area contributed by atoms with Crippen LogP contribution in [0.4, 0.5) is 5.69 Å². The molecule has 1 spiro atoms. The van der Waals surface area contributed by atoms with E-state index in [1.165, 1.54) is 0 Å². The van der Waals surface area contributed by atoms with Gasteiger partial charge in [0.05, 0.1) is 5.70 Å². The molecule has 0 saturated heterocycles. The molecular weight excluding hydrogens is 448 g/mol. The van der Waals surface area contributed by atoms with E-state index < -0.39 is 5.41 Å². The number of unbranched alkanes of at least 4 members (excludes halogenated alkanes) is 1. The number of para-hydroxylation sites is 1. The van der Waals surface area contributed by atoms with Crippen molar-refractivity contribution in [1.29, 1.82) is 0 Å². The third-order valence-corrected chi connectivity index (χ3v) is 8.31. The molecule has 0 saturated carbocycles. The highest BCUT2D eigenvalue weighted by atomic mass is 16.2. The molecule has 0 fully saturated rings. The summed E-state index contributed by atoms with van der Waals surface area (Å²) in [5, 5.41) is 0. The Morgan fingerprint density at radius 3 is 2.25 bits per heavy atom. The quantitative estimate of drug-likeness (QED) is 0.567. The number of likely N-dealkylation sites (N-methyl/N-ethyl adjacent to an activating group) is 1. The Bertz CT molecular complexity index is 1410. The molecule has 184 valence electrons. The molecule has 6 rings (SSSR count). The number of fused-ring (bicyclic) bond motifs is 6. The van der Waals surface area contributed by atoms with Crippen LogP contribution in [0.1, 0.15) is 74.9 Å². The molecule has 0 aromatic heterocycles. The van der Waals surface area contributed by atoms with Crippen LogP contribution in [0.25, 0.3) is 5.70 Å². The van der Waals surface area contributed by atoms with Crippen molar-refractivity contribution in [3.8, 4) is 0 Å². The number of ketones is 2. The summed E-state index contributed by atoms with van der Waals surface area (Å²) < 4.78 is 0. The second-order valence-electron chi connectivity index (χ2n) is 11.2. The summed E-state index contributed by atoms with van der Waals surface area (Å²) in [6, 6.07) is 15.4. The third kappa shape index (κ3) is 2.74. The number of nitrogens with zero attached hydrogens (tertiary/aromatic N) is 2. The van der Waals surface area contributed by atoms with Crippen molar-refractivity contribution in [2.75, 3.05) is 18.0 Å². The number of hydrogen-bond donors (Lipinski definition) is 0. The minimum Gasteiger partial charge on any atom is -0.344 e. The standard InChI is InChI=1S/C31H32N2O3/c1-5-7-16-33-23-17-30(3,4)18-24(34)25(23)31(21-14-10-11-15-22(21)32(6-2)29(31)36)26-27(33)19-12-8-9-13-20(19)28(26)35/h8-15H,5-7,16-18H2,1-4H3/t31-/m0/s1. The Morgan fingerprint density at radius 2 is 1.53 bits per heavy atom. The lowest BCUT2D eigenvalue weighted by atomic mass is 9.60. The van der Waals surface area contributed by atoms with Gasteiger partial charge in [-0.05, 0) is 31.2 Å². The van der Waals surface area contributed by atoms with Crippen molar-refractivity contribution in [2.24, 2.45) is 5.41 Å². The largest absolute Gasteiger partial charge is 0.344 e. The summed E-state index contributed by atoms with van der Waals surface area (Å²) in [4.78, 5) is 47.1. The summed E-state index contributed by atoms with van der Waals surface area (Å²) in [6.07, 6.45) is 2.97. The zero-order valence-electron chi connectivity index (χ0n) is 21.5. The van der Waals surface area contributed by atoms with Crippen LogP contribution in [0.3, 0.4) is 0 Å². The van der Waals surface area contributed by atoms with Crippen LogP contribution in [0, 0.1) is 5.41 Å². The average Bonchev–Trinajstić information content (AvgIpc) is 3.28. The van der Waals surface area contributed by atoms with Crippen molar-refractivity contribution >= 4 is 28.9 Å². The number of anilines is 1. The molecule has 0 radical (unpaired) electrons. The topological polar surface area (TPSA) is 57.7 Å². The van der Waals surface area contributed by atoms with Crippen molar-refractivity contribution in [3.05, 3.63) is 82.1 Å². The van der Waals surface area contributed by atoms with Gasteiger partial charge in [0.15, 0.2) is 11.6 Å². The number of rotatable bonds is 4. The SMILES string of the molecule is CCCCN1C2=C(C(=O)CC(C)(C)C2)[C@]2(C(=O)N(CC)c3ccccc32)C2=C1c1ccccc1C2=O. The van der Waals surface area contributed by atoms with Gasteiger partial charge >= 0.3 is 0 Å². The van der Waals surface area contributed by atoms with Crippen molar-refractivity contribution in [1.82, 2.24) is 4.90 Å². The first-order valence-corrected chi connectivity index (χ1v) is 13.1. The monoisotopic (exact) mass is 480 g/mol. The van der Waals surface area contributed by atoms with Crippen molar-refractivity contribution in [3.63, 3.8) is 0 Å². The molecule has 5 heteroatoms. The first-order chi connectivity index (χ1) is 17.3. The van der Waals surface area contributed by atoms with Gasteiger partial charge in [-0.2, -0.15) is 0 Å². The normalized spacial score (nSPS) is 23.9. The summed E-state index contributed by atoms with van der Waals surface area (Å²) >= 11 is 0. The molecule has 2 aliphatic carbocycles. The van der Waals surface area contributed by atoms with E-state index in [0.717, 1.165) is 41.1 Å². The minimum atomic E-state index is -1.40. The number of benzene rings is 2. The maximum atomic E-state index is 14.6. The lowest BCUT2D eigenvalue weighted by Gasteiger charge is -2.48. The van der Waals surface area contributed by atoms with Gasteiger partial charge in [-0.25, -0.2) is 0 Å². The minimum absolute atomic E-state index is 0.0147. The van der Waals surface area contributed by atoms with E-state index in [2.05, 4.69) is 25.7 Å². The molecule has 1 atom stereocenters. The van der Waals surface area contributed by atoms with Crippen LogP contribution in [0.15, 0.2) is 65.4 Å². The van der Waals surface area contributed by atoms with E-state index in [1.54, 1.807) is 4.90 Å². The fraction of sp³-hybridized carbons (Fsp3) is 0.387. The maximum Gasteiger partial charge on any atom is 0.247 e. The first kappa shape index (κ1) is 23.0. The number of carbonyl (C=O) groups excluding carboxylic acids is 3. The number of amides is 1. The number of allylic oxidation sites excluding steroid dienone is 1. The zero-order chi connectivity index (χ0) is 25.4. The molecule has 2 aromatic carbocycles. The second-order valence-corrected chi connectivity index (χ2v) is 11.2. The smallest absolute Gasteiger partial charge is 0.247 e. The van der Waals surface area contributed by atoms with Gasteiger partial charge in [-0.3, -0.25) is 14.4 Å². The molecule has 2 heterocycles. The van der Waals surface area contributed by atoms with E-state index in [1.807, 2.05) is 55.5 Å². The summed E-state index contributed by atoms with van der Waals surface area (Å²) in [7, 11) is 0. The maximum absolute atomic E-state index is 14.6. The van der Waals surface area contributed by atoms with Crippen LogP contribution < -0.4 is 4.90 Å². The number of Topliss-reactive ketones (excluding diaryl/α,β-unsaturated/α-hetero) is 2. The lowest BCUT2D eigenvalue weighted by molar-refractivity contribution is -0.125. The van der Waals surface area contributed by atoms with Gasteiger partial charge in [0.25, 0.3) is 0 Å². The molecule has 2 aliphatic heterocycles. The fourth-order valence-electron chi connectivity index (χ4n) is 6.91. The molecular formula is C31H32N2O3. The highest BCUT2D eigenvalue weighted by Crippen LogP contribution is 2.62. The fourth-order valence-corrected chi connectivity index (χ4v) is 6.91. The molecule has 0 N–H and O–H groups in total. The average molecular weight is 481 g/mol. The lowest BCUT2D eigenvalue weighted by Crippen LogP contribution is -2.53. The van der Waals surface area contributed by atoms with Crippen molar-refractivity contribution < 1.29 is 14.4 Å². The molecule has 36 heavy (non-hydrogen) atoms. The van der Waals surface area contributed by atoms with Gasteiger partial charge in [-0.15, -0.1) is 0 Å². The van der Waals surface area contributed by atoms with E-state index in [4.69, 9.17) is 0 Å². The number of carbonyl (C=O) groups is 3. The van der Waals surface area contributed by atoms with E-state index >= 15 is 0 Å². The van der Waals surface area contributed by atoms with Crippen LogP contribution in [0.5, 0.6) is 0 Å². The highest BCUT2D eigenvalue weighted by Gasteiger charge is 2.65. The van der Waals surface area contributed by atoms with Gasteiger partial charge in [0, 0.05) is 58.7 Å². The summed E-state index contributed by atoms with van der Waals surface area (Å²) in [5.41, 5.74) is 4.19. The van der Waals surface area contributed by atoms with Crippen LogP contribution >= 0.6 is 0 Å². The number of hydrogen-bond acceptors (Lipinski definition) is 4. The Hall–Kier alpha value is -3.47. The van der Waals surface area contributed by atoms with E-state index in [-0.39, 0.29) is 22.9 Å². The Labute approximate surface area is 212 Å². The Balaban J connectivity index is 1.76. The van der Waals surface area contributed by atoms with Gasteiger partial charge in [0.1, 0.15) is 5.41 Å². The van der Waals surface area contributed by atoms with Crippen LogP contribution in [-0.4, -0.2) is 35.5 Å². The van der Waals surface area contributed by atoms with Gasteiger partial charge in [0.2, 0.25) is 5.91 Å². The molecule has 5 nitrogen and oxygen atoms in total. The van der Waals surface area contributed by atoms with E-state index in [0.29, 0.717) is 42.6 Å². The molecule has 0 unspecified atom stereocenters.